The Morgan fingerprint density at radius 1 is 1.33 bits per heavy atom. The molecule has 1 aliphatic rings. The Morgan fingerprint density at radius 3 is 2.90 bits per heavy atom. The zero-order valence-corrected chi connectivity index (χ0v) is 18.4. The maximum atomic E-state index is 10.3. The highest BCUT2D eigenvalue weighted by atomic mass is 32.2. The summed E-state index contributed by atoms with van der Waals surface area (Å²) in [5.74, 6) is 3.01. The fraction of sp³-hybridized carbons (Fsp3) is 0.600. The third-order valence-corrected chi connectivity index (χ3v) is 5.50. The second-order valence-electron chi connectivity index (χ2n) is 7.09. The molecule has 1 fully saturated rings. The van der Waals surface area contributed by atoms with Crippen molar-refractivity contribution in [3.8, 4) is 11.5 Å². The summed E-state index contributed by atoms with van der Waals surface area (Å²) < 4.78 is 16.6. The van der Waals surface area contributed by atoms with E-state index in [0.29, 0.717) is 18.0 Å². The summed E-state index contributed by atoms with van der Waals surface area (Å²) in [4.78, 5) is 6.46. The summed E-state index contributed by atoms with van der Waals surface area (Å²) in [6.07, 6.45) is -0.556. The van der Waals surface area contributed by atoms with Crippen LogP contribution in [0.1, 0.15) is 11.4 Å². The van der Waals surface area contributed by atoms with Gasteiger partial charge in [0, 0.05) is 38.5 Å². The number of hydrogen-bond acceptors (Lipinski definition) is 9. The van der Waals surface area contributed by atoms with Gasteiger partial charge in [0.25, 0.3) is 0 Å². The molecule has 0 amide bonds. The Bertz CT molecular complexity index is 769. The predicted octanol–water partition coefficient (Wildman–Crippen LogP) is 1.08. The average Bonchev–Trinajstić information content (AvgIpc) is 3.18. The Labute approximate surface area is 181 Å². The van der Waals surface area contributed by atoms with Crippen LogP contribution in [0, 0.1) is 6.92 Å². The Balaban J connectivity index is 1.38. The molecule has 0 radical (unpaired) electrons. The molecule has 166 valence electrons. The maximum Gasteiger partial charge on any atom is 0.208 e. The molecule has 0 bridgehead atoms. The SMILES string of the molecule is COc1cc(CNCCSc2n[nH]c(C)n2)ccc1OCC(O)CN1CCOCC1. The van der Waals surface area contributed by atoms with Crippen LogP contribution in [0.5, 0.6) is 11.5 Å². The zero-order chi connectivity index (χ0) is 21.2. The summed E-state index contributed by atoms with van der Waals surface area (Å²) in [6, 6.07) is 5.86. The fourth-order valence-corrected chi connectivity index (χ4v) is 3.84. The summed E-state index contributed by atoms with van der Waals surface area (Å²) in [6.45, 7) is 7.39. The fourth-order valence-electron chi connectivity index (χ4n) is 3.10. The Kier molecular flexibility index (Phi) is 9.22. The molecular weight excluding hydrogens is 406 g/mol. The van der Waals surface area contributed by atoms with E-state index in [0.717, 1.165) is 61.7 Å². The molecule has 2 aromatic rings. The lowest BCUT2D eigenvalue weighted by Crippen LogP contribution is -2.42. The van der Waals surface area contributed by atoms with Crippen LogP contribution < -0.4 is 14.8 Å². The third kappa shape index (κ3) is 7.44. The number of nitrogens with one attached hydrogen (secondary N) is 2. The van der Waals surface area contributed by atoms with E-state index in [4.69, 9.17) is 14.2 Å². The summed E-state index contributed by atoms with van der Waals surface area (Å²) in [7, 11) is 1.62. The van der Waals surface area contributed by atoms with Crippen molar-refractivity contribution in [2.75, 3.05) is 58.9 Å². The van der Waals surface area contributed by atoms with Crippen molar-refractivity contribution >= 4 is 11.8 Å². The standard InChI is InChI=1S/C20H31N5O4S/c1-15-22-20(24-23-15)30-10-5-21-12-16-3-4-18(19(11-16)27-2)29-14-17(26)13-25-6-8-28-9-7-25/h3-4,11,17,21,26H,5-10,12-14H2,1-2H3,(H,22,23,24). The van der Waals surface area contributed by atoms with E-state index in [1.54, 1.807) is 18.9 Å². The molecule has 2 heterocycles. The van der Waals surface area contributed by atoms with Gasteiger partial charge >= 0.3 is 0 Å². The van der Waals surface area contributed by atoms with Crippen LogP contribution in [-0.2, 0) is 11.3 Å². The van der Waals surface area contributed by atoms with E-state index in [2.05, 4.69) is 25.4 Å². The summed E-state index contributed by atoms with van der Waals surface area (Å²) >= 11 is 1.61. The molecule has 30 heavy (non-hydrogen) atoms. The van der Waals surface area contributed by atoms with E-state index in [1.165, 1.54) is 0 Å². The van der Waals surface area contributed by atoms with Crippen LogP contribution in [0.2, 0.25) is 0 Å². The van der Waals surface area contributed by atoms with Crippen molar-refractivity contribution in [3.05, 3.63) is 29.6 Å². The topological polar surface area (TPSA) is 105 Å². The lowest BCUT2D eigenvalue weighted by Gasteiger charge is -2.28. The number of aryl methyl sites for hydroxylation is 1. The minimum absolute atomic E-state index is 0.225. The van der Waals surface area contributed by atoms with Crippen LogP contribution in [0.4, 0.5) is 0 Å². The Hall–Kier alpha value is -1.85. The number of benzene rings is 1. The van der Waals surface area contributed by atoms with Gasteiger partial charge in [0.2, 0.25) is 5.16 Å². The van der Waals surface area contributed by atoms with Crippen molar-refractivity contribution in [1.82, 2.24) is 25.4 Å². The van der Waals surface area contributed by atoms with E-state index < -0.39 is 6.10 Å². The lowest BCUT2D eigenvalue weighted by atomic mass is 10.2. The van der Waals surface area contributed by atoms with Gasteiger partial charge in [-0.3, -0.25) is 10.00 Å². The molecule has 0 aliphatic carbocycles. The van der Waals surface area contributed by atoms with Crippen LogP contribution >= 0.6 is 11.8 Å². The van der Waals surface area contributed by atoms with Crippen LogP contribution in [-0.4, -0.2) is 90.2 Å². The number of H-pyrrole nitrogens is 1. The van der Waals surface area contributed by atoms with Crippen molar-refractivity contribution in [2.45, 2.75) is 24.7 Å². The van der Waals surface area contributed by atoms with Crippen molar-refractivity contribution in [1.29, 1.82) is 0 Å². The number of morpholine rings is 1. The molecule has 1 aromatic heterocycles. The summed E-state index contributed by atoms with van der Waals surface area (Å²) in [5, 5.41) is 21.4. The third-order valence-electron chi connectivity index (χ3n) is 4.65. The number of rotatable bonds is 12. The highest BCUT2D eigenvalue weighted by Crippen LogP contribution is 2.28. The number of thioether (sulfide) groups is 1. The number of aromatic amines is 1. The van der Waals surface area contributed by atoms with Crippen LogP contribution in [0.3, 0.4) is 0 Å². The highest BCUT2D eigenvalue weighted by molar-refractivity contribution is 7.99. The lowest BCUT2D eigenvalue weighted by molar-refractivity contribution is 0.00445. The minimum atomic E-state index is -0.556. The summed E-state index contributed by atoms with van der Waals surface area (Å²) in [5.41, 5.74) is 1.10. The first kappa shape index (κ1) is 22.8. The van der Waals surface area contributed by atoms with Gasteiger partial charge in [-0.2, -0.15) is 0 Å². The van der Waals surface area contributed by atoms with Gasteiger partial charge in [-0.25, -0.2) is 4.98 Å². The first-order valence-corrected chi connectivity index (χ1v) is 11.1. The smallest absolute Gasteiger partial charge is 0.208 e. The first-order chi connectivity index (χ1) is 14.6. The molecule has 10 heteroatoms. The molecule has 1 saturated heterocycles. The monoisotopic (exact) mass is 437 g/mol. The quantitative estimate of drug-likeness (QED) is 0.332. The van der Waals surface area contributed by atoms with Gasteiger partial charge in [-0.1, -0.05) is 17.8 Å². The van der Waals surface area contributed by atoms with Gasteiger partial charge in [0.05, 0.1) is 20.3 Å². The number of aliphatic hydroxyl groups excluding tert-OH is 1. The second kappa shape index (κ2) is 12.1. The number of nitrogens with zero attached hydrogens (tertiary/aromatic N) is 3. The van der Waals surface area contributed by atoms with E-state index in [-0.39, 0.29) is 6.61 Å². The molecule has 0 saturated carbocycles. The van der Waals surface area contributed by atoms with E-state index in [9.17, 15) is 5.11 Å². The van der Waals surface area contributed by atoms with Crippen molar-refractivity contribution in [2.24, 2.45) is 0 Å². The van der Waals surface area contributed by atoms with E-state index >= 15 is 0 Å². The number of methoxy groups -OCH3 is 1. The number of ether oxygens (including phenoxy) is 3. The second-order valence-corrected chi connectivity index (χ2v) is 8.15. The normalized spacial score (nSPS) is 15.8. The van der Waals surface area contributed by atoms with Gasteiger partial charge in [-0.05, 0) is 24.6 Å². The number of aromatic nitrogens is 3. The van der Waals surface area contributed by atoms with Crippen molar-refractivity contribution in [3.63, 3.8) is 0 Å². The van der Waals surface area contributed by atoms with Crippen LogP contribution in [0.25, 0.3) is 0 Å². The molecule has 1 aliphatic heterocycles. The number of aliphatic hydroxyl groups is 1. The molecule has 3 N–H and O–H groups in total. The molecule has 1 aromatic carbocycles. The number of β-amino-alcohol motifs (C(OH)–C–C–N with tert-alkyl or cyclic N) is 1. The molecule has 9 nitrogen and oxygen atoms in total. The molecule has 0 spiro atoms. The van der Waals surface area contributed by atoms with Gasteiger partial charge in [0.15, 0.2) is 11.5 Å². The minimum Gasteiger partial charge on any atom is -0.493 e. The number of hydrogen-bond donors (Lipinski definition) is 3. The largest absolute Gasteiger partial charge is 0.493 e. The highest BCUT2D eigenvalue weighted by Gasteiger charge is 2.16. The van der Waals surface area contributed by atoms with E-state index in [1.807, 2.05) is 25.1 Å². The molecule has 1 unspecified atom stereocenters. The van der Waals surface area contributed by atoms with Gasteiger partial charge in [0.1, 0.15) is 18.5 Å². The first-order valence-electron chi connectivity index (χ1n) is 10.1. The Morgan fingerprint density at radius 2 is 2.17 bits per heavy atom. The van der Waals surface area contributed by atoms with Gasteiger partial charge in [-0.15, -0.1) is 5.10 Å². The molecule has 1 atom stereocenters. The average molecular weight is 438 g/mol. The molecular formula is C20H31N5O4S. The molecule has 3 rings (SSSR count). The maximum absolute atomic E-state index is 10.3. The zero-order valence-electron chi connectivity index (χ0n) is 17.6. The predicted molar refractivity (Wildman–Crippen MR) is 115 cm³/mol. The van der Waals surface area contributed by atoms with Gasteiger partial charge < -0.3 is 24.6 Å². The van der Waals surface area contributed by atoms with Crippen LogP contribution in [0.15, 0.2) is 23.4 Å². The van der Waals surface area contributed by atoms with Crippen molar-refractivity contribution < 1.29 is 19.3 Å².